The number of benzene rings is 2. The molecule has 0 amide bonds. The summed E-state index contributed by atoms with van der Waals surface area (Å²) in [6.07, 6.45) is 1.70. The highest BCUT2D eigenvalue weighted by molar-refractivity contribution is 6.30. The van der Waals surface area contributed by atoms with Crippen LogP contribution in [-0.2, 0) is 29.0 Å². The maximum absolute atomic E-state index is 14.5. The molecule has 0 saturated carbocycles. The Morgan fingerprint density at radius 3 is 2.43 bits per heavy atom. The second-order valence-electron chi connectivity index (χ2n) is 14.2. The fourth-order valence-corrected chi connectivity index (χ4v) is 6.76. The van der Waals surface area contributed by atoms with Crippen molar-refractivity contribution >= 4 is 23.3 Å². The molecule has 3 aromatic rings. The number of rotatable bonds is 7. The number of aliphatic carboxylic acids is 1. The van der Waals surface area contributed by atoms with Crippen LogP contribution in [0.1, 0.15) is 87.2 Å². The third kappa shape index (κ3) is 7.11. The fraction of sp³-hybridized carbons (Fsp3) is 0.500. The van der Waals surface area contributed by atoms with Gasteiger partial charge in [-0.25, -0.2) is 9.18 Å². The van der Waals surface area contributed by atoms with Gasteiger partial charge in [0, 0.05) is 65.8 Å². The molecule has 1 atom stereocenters. The molecule has 1 saturated heterocycles. The Hall–Kier alpha value is -3.00. The van der Waals surface area contributed by atoms with Crippen molar-refractivity contribution in [3.63, 3.8) is 0 Å². The van der Waals surface area contributed by atoms with Crippen molar-refractivity contribution < 1.29 is 19.0 Å². The van der Waals surface area contributed by atoms with Crippen LogP contribution in [0.15, 0.2) is 36.4 Å². The van der Waals surface area contributed by atoms with Crippen molar-refractivity contribution in [1.29, 1.82) is 0 Å². The summed E-state index contributed by atoms with van der Waals surface area (Å²) in [5.74, 6) is -1.25. The lowest BCUT2D eigenvalue weighted by atomic mass is 9.81. The number of pyridine rings is 1. The van der Waals surface area contributed by atoms with Gasteiger partial charge < -0.3 is 14.7 Å². The number of nitrogens with zero attached hydrogens (tertiary/aromatic N) is 3. The van der Waals surface area contributed by atoms with Crippen LogP contribution in [0.3, 0.4) is 0 Å². The molecule has 0 spiro atoms. The summed E-state index contributed by atoms with van der Waals surface area (Å²) < 4.78 is 20.7. The molecule has 3 heterocycles. The minimum atomic E-state index is -1.15. The first kappa shape index (κ1) is 32.4. The van der Waals surface area contributed by atoms with Crippen molar-refractivity contribution in [2.24, 2.45) is 5.41 Å². The molecule has 1 aromatic heterocycles. The Kier molecular flexibility index (Phi) is 9.14. The van der Waals surface area contributed by atoms with Gasteiger partial charge in [-0.05, 0) is 94.2 Å². The normalized spacial score (nSPS) is 17.8. The quantitative estimate of drug-likeness (QED) is 0.286. The van der Waals surface area contributed by atoms with Crippen molar-refractivity contribution in [3.8, 4) is 11.1 Å². The number of aromatic nitrogens is 1. The molecule has 0 aliphatic carbocycles. The highest BCUT2D eigenvalue weighted by atomic mass is 35.5. The van der Waals surface area contributed by atoms with Gasteiger partial charge >= 0.3 is 5.97 Å². The number of carbonyl (C=O) groups is 1. The van der Waals surface area contributed by atoms with Crippen molar-refractivity contribution in [1.82, 2.24) is 9.88 Å². The summed E-state index contributed by atoms with van der Waals surface area (Å²) in [5.41, 5.74) is 7.76. The maximum atomic E-state index is 14.5. The number of carboxylic acids is 1. The average Bonchev–Trinajstić information content (AvgIpc) is 2.93. The van der Waals surface area contributed by atoms with E-state index >= 15 is 0 Å². The van der Waals surface area contributed by atoms with E-state index in [0.29, 0.717) is 34.9 Å². The first-order valence-electron chi connectivity index (χ1n) is 15.6. The molecular formula is C36H45ClFN3O3. The zero-order chi connectivity index (χ0) is 32.0. The van der Waals surface area contributed by atoms with Gasteiger partial charge in [-0.1, -0.05) is 43.6 Å². The van der Waals surface area contributed by atoms with Crippen LogP contribution in [0.25, 0.3) is 11.1 Å². The lowest BCUT2D eigenvalue weighted by Gasteiger charge is -2.41. The number of fused-ring (bicyclic) bond motifs is 1. The highest BCUT2D eigenvalue weighted by Crippen LogP contribution is 2.45. The number of hydrogen-bond donors (Lipinski definition) is 1. The number of carboxylic acid groups (broad SMARTS) is 1. The van der Waals surface area contributed by atoms with Crippen molar-refractivity contribution in [2.45, 2.75) is 92.5 Å². The molecule has 1 unspecified atom stereocenters. The largest absolute Gasteiger partial charge is 0.479 e. The summed E-state index contributed by atoms with van der Waals surface area (Å²) in [5, 5.41) is 11.0. The number of aryl methyl sites for hydroxylation is 2. The number of ether oxygens (including phenoxy) is 1. The Labute approximate surface area is 266 Å². The van der Waals surface area contributed by atoms with Crippen LogP contribution in [-0.4, -0.2) is 46.2 Å². The van der Waals surface area contributed by atoms with Crippen LogP contribution < -0.4 is 4.90 Å². The molecule has 236 valence electrons. The number of piperidine rings is 1. The molecule has 0 radical (unpaired) electrons. The molecular weight excluding hydrogens is 577 g/mol. The minimum absolute atomic E-state index is 0.230. The Bertz CT molecular complexity index is 1560. The van der Waals surface area contributed by atoms with Crippen molar-refractivity contribution in [2.75, 3.05) is 24.5 Å². The first-order valence-corrected chi connectivity index (χ1v) is 15.9. The monoisotopic (exact) mass is 621 g/mol. The van der Waals surface area contributed by atoms with Crippen LogP contribution >= 0.6 is 11.6 Å². The van der Waals surface area contributed by atoms with E-state index in [1.807, 2.05) is 34.6 Å². The molecule has 0 bridgehead atoms. The lowest BCUT2D eigenvalue weighted by molar-refractivity contribution is -0.160. The van der Waals surface area contributed by atoms with E-state index in [1.165, 1.54) is 17.2 Å². The van der Waals surface area contributed by atoms with Gasteiger partial charge in [0.25, 0.3) is 0 Å². The van der Waals surface area contributed by atoms with Gasteiger partial charge in [-0.3, -0.25) is 9.88 Å². The zero-order valence-electron chi connectivity index (χ0n) is 27.1. The topological polar surface area (TPSA) is 65.9 Å². The highest BCUT2D eigenvalue weighted by Gasteiger charge is 2.36. The molecule has 2 aliphatic rings. The molecule has 1 N–H and O–H groups in total. The van der Waals surface area contributed by atoms with Crippen LogP contribution in [0.4, 0.5) is 10.1 Å². The van der Waals surface area contributed by atoms with Gasteiger partial charge in [0.15, 0.2) is 6.10 Å². The summed E-state index contributed by atoms with van der Waals surface area (Å²) in [7, 11) is 0. The van der Waals surface area contributed by atoms with Crippen molar-refractivity contribution in [3.05, 3.63) is 80.9 Å². The fourth-order valence-electron chi connectivity index (χ4n) is 6.56. The standard InChI is InChI=1S/C36H45ClFN3O3/c1-22-30(25-8-9-26-20-40(15-12-24(26)18-25)21-27-19-28(37)10-11-29(27)38)32(41-16-13-36(6,7)14-17-41)31(23(2)39-22)33(34(42)43)44-35(3,4)5/h8-11,18-19,33H,12-17,20-21H2,1-7H3,(H,42,43). The van der Waals surface area contributed by atoms with Gasteiger partial charge in [0.2, 0.25) is 0 Å². The molecule has 8 heteroatoms. The maximum Gasteiger partial charge on any atom is 0.337 e. The SMILES string of the molecule is Cc1nc(C)c(C(OC(C)(C)C)C(=O)O)c(N2CCC(C)(C)CC2)c1-c1ccc2c(c1)CCN(Cc1cc(Cl)ccc1F)C2. The van der Waals surface area contributed by atoms with E-state index < -0.39 is 17.7 Å². The number of anilines is 1. The summed E-state index contributed by atoms with van der Waals surface area (Å²) in [6, 6.07) is 11.2. The van der Waals surface area contributed by atoms with Crippen LogP contribution in [0, 0.1) is 25.1 Å². The van der Waals surface area contributed by atoms with Gasteiger partial charge in [-0.15, -0.1) is 0 Å². The second-order valence-corrected chi connectivity index (χ2v) is 14.6. The van der Waals surface area contributed by atoms with Gasteiger partial charge in [-0.2, -0.15) is 0 Å². The molecule has 1 fully saturated rings. The van der Waals surface area contributed by atoms with E-state index in [9.17, 15) is 14.3 Å². The molecule has 6 nitrogen and oxygen atoms in total. The first-order chi connectivity index (χ1) is 20.6. The third-order valence-corrected chi connectivity index (χ3v) is 9.19. The van der Waals surface area contributed by atoms with E-state index in [0.717, 1.165) is 61.4 Å². The summed E-state index contributed by atoms with van der Waals surface area (Å²) in [4.78, 5) is 22.3. The number of hydrogen-bond acceptors (Lipinski definition) is 5. The van der Waals surface area contributed by atoms with E-state index in [4.69, 9.17) is 21.3 Å². The van der Waals surface area contributed by atoms with E-state index in [1.54, 1.807) is 12.1 Å². The average molecular weight is 622 g/mol. The second kappa shape index (κ2) is 12.4. The molecule has 2 aromatic carbocycles. The van der Waals surface area contributed by atoms with Crippen LogP contribution in [0.2, 0.25) is 5.02 Å². The molecule has 2 aliphatic heterocycles. The third-order valence-electron chi connectivity index (χ3n) is 8.96. The van der Waals surface area contributed by atoms with Crippen LogP contribution in [0.5, 0.6) is 0 Å². The van der Waals surface area contributed by atoms with E-state index in [-0.39, 0.29) is 11.2 Å². The van der Waals surface area contributed by atoms with E-state index in [2.05, 4.69) is 41.8 Å². The Morgan fingerprint density at radius 2 is 1.77 bits per heavy atom. The lowest BCUT2D eigenvalue weighted by Crippen LogP contribution is -2.39. The predicted octanol–water partition coefficient (Wildman–Crippen LogP) is 8.28. The van der Waals surface area contributed by atoms with Gasteiger partial charge in [0.1, 0.15) is 5.82 Å². The minimum Gasteiger partial charge on any atom is -0.479 e. The Balaban J connectivity index is 1.57. The summed E-state index contributed by atoms with van der Waals surface area (Å²) >= 11 is 6.14. The smallest absolute Gasteiger partial charge is 0.337 e. The predicted molar refractivity (Wildman–Crippen MR) is 175 cm³/mol. The summed E-state index contributed by atoms with van der Waals surface area (Å²) in [6.45, 7) is 17.8. The zero-order valence-corrected chi connectivity index (χ0v) is 27.8. The van der Waals surface area contributed by atoms with Gasteiger partial charge in [0.05, 0.1) is 11.3 Å². The molecule has 44 heavy (non-hydrogen) atoms. The molecule has 5 rings (SSSR count). The Morgan fingerprint density at radius 1 is 1.07 bits per heavy atom. The number of halogens is 2.